The van der Waals surface area contributed by atoms with Gasteiger partial charge in [-0.3, -0.25) is 0 Å². The van der Waals surface area contributed by atoms with Gasteiger partial charge in [-0.15, -0.1) is 0 Å². The quantitative estimate of drug-likeness (QED) is 0.522. The Balaban J connectivity index is 1.91. The van der Waals surface area contributed by atoms with Gasteiger partial charge in [0.1, 0.15) is 0 Å². The fourth-order valence-corrected chi connectivity index (χ4v) is 2.44. The van der Waals surface area contributed by atoms with E-state index in [1.54, 1.807) is 0 Å². The number of fused-ring (bicyclic) bond motifs is 1. The van der Waals surface area contributed by atoms with Crippen molar-refractivity contribution >= 4 is 0 Å². The van der Waals surface area contributed by atoms with E-state index in [0.717, 1.165) is 13.1 Å². The Morgan fingerprint density at radius 1 is 1.36 bits per heavy atom. The van der Waals surface area contributed by atoms with E-state index in [1.165, 1.54) is 24.1 Å². The van der Waals surface area contributed by atoms with E-state index in [1.807, 2.05) is 12.4 Å². The Bertz CT molecular complexity index is 332. The van der Waals surface area contributed by atoms with Crippen LogP contribution in [0.1, 0.15) is 12.8 Å². The van der Waals surface area contributed by atoms with Gasteiger partial charge in [0.05, 0.1) is 11.2 Å². The summed E-state index contributed by atoms with van der Waals surface area (Å²) in [7, 11) is 0. The third-order valence-electron chi connectivity index (χ3n) is 3.13. The molecule has 1 saturated heterocycles. The molecule has 3 aliphatic rings. The molecule has 0 aromatic heterocycles. The van der Waals surface area contributed by atoms with Crippen LogP contribution in [0.25, 0.3) is 0 Å². The van der Waals surface area contributed by atoms with Gasteiger partial charge in [0.2, 0.25) is 0 Å². The molecular formula is C11H15N3. The first-order valence-electron chi connectivity index (χ1n) is 5.23. The molecule has 1 spiro atoms. The van der Waals surface area contributed by atoms with Gasteiger partial charge in [-0.1, -0.05) is 0 Å². The molecule has 3 heteroatoms. The Morgan fingerprint density at radius 2 is 2.36 bits per heavy atom. The molecule has 3 nitrogen and oxygen atoms in total. The molecule has 74 valence electrons. The molecule has 3 aliphatic heterocycles. The minimum absolute atomic E-state index is 0.176. The van der Waals surface area contributed by atoms with Crippen molar-refractivity contribution in [2.45, 2.75) is 18.4 Å². The summed E-state index contributed by atoms with van der Waals surface area (Å²) in [4.78, 5) is 0. The Kier molecular flexibility index (Phi) is 1.67. The van der Waals surface area contributed by atoms with Crippen LogP contribution < -0.4 is 16.0 Å². The van der Waals surface area contributed by atoms with Gasteiger partial charge >= 0.3 is 0 Å². The molecule has 1 unspecified atom stereocenters. The van der Waals surface area contributed by atoms with Gasteiger partial charge in [-0.05, 0) is 37.1 Å². The number of dihydropyridines is 1. The molecule has 0 aromatic rings. The van der Waals surface area contributed by atoms with E-state index >= 15 is 0 Å². The summed E-state index contributed by atoms with van der Waals surface area (Å²) in [6, 6.07) is 0. The number of piperidine rings is 1. The van der Waals surface area contributed by atoms with Gasteiger partial charge in [-0.25, -0.2) is 0 Å². The maximum absolute atomic E-state index is 3.60. The topological polar surface area (TPSA) is 36.1 Å². The molecule has 0 aliphatic carbocycles. The van der Waals surface area contributed by atoms with Gasteiger partial charge in [0, 0.05) is 18.9 Å². The zero-order valence-corrected chi connectivity index (χ0v) is 8.14. The number of rotatable bonds is 0. The molecule has 0 aromatic carbocycles. The highest BCUT2D eigenvalue weighted by molar-refractivity contribution is 5.49. The molecule has 3 rings (SSSR count). The maximum atomic E-state index is 3.60. The highest BCUT2D eigenvalue weighted by Gasteiger charge is 2.35. The molecule has 1 atom stereocenters. The summed E-state index contributed by atoms with van der Waals surface area (Å²) < 4.78 is 0. The second-order valence-corrected chi connectivity index (χ2v) is 4.22. The lowest BCUT2D eigenvalue weighted by Gasteiger charge is -2.33. The summed E-state index contributed by atoms with van der Waals surface area (Å²) in [5.74, 6) is 0. The minimum atomic E-state index is 0.176. The molecule has 0 saturated carbocycles. The summed E-state index contributed by atoms with van der Waals surface area (Å²) in [5.41, 5.74) is 2.74. The summed E-state index contributed by atoms with van der Waals surface area (Å²) >= 11 is 0. The van der Waals surface area contributed by atoms with Crippen LogP contribution >= 0.6 is 0 Å². The van der Waals surface area contributed by atoms with Crippen molar-refractivity contribution in [1.82, 2.24) is 16.0 Å². The largest absolute Gasteiger partial charge is 0.373 e. The first-order chi connectivity index (χ1) is 6.88. The van der Waals surface area contributed by atoms with Crippen LogP contribution in [-0.2, 0) is 0 Å². The summed E-state index contributed by atoms with van der Waals surface area (Å²) in [6.07, 6.45) is 11.0. The van der Waals surface area contributed by atoms with Crippen molar-refractivity contribution in [3.05, 3.63) is 35.8 Å². The summed E-state index contributed by atoms with van der Waals surface area (Å²) in [6.45, 7) is 2.20. The van der Waals surface area contributed by atoms with E-state index in [-0.39, 0.29) is 5.54 Å². The van der Waals surface area contributed by atoms with Gasteiger partial charge in [0.15, 0.2) is 0 Å². The molecule has 3 N–H and O–H groups in total. The lowest BCUT2D eigenvalue weighted by atomic mass is 9.91. The van der Waals surface area contributed by atoms with Crippen LogP contribution in [0.3, 0.4) is 0 Å². The van der Waals surface area contributed by atoms with E-state index in [9.17, 15) is 0 Å². The molecule has 14 heavy (non-hydrogen) atoms. The molecule has 3 heterocycles. The molecule has 0 bridgehead atoms. The zero-order chi connectivity index (χ0) is 9.43. The third-order valence-corrected chi connectivity index (χ3v) is 3.13. The Morgan fingerprint density at radius 3 is 3.14 bits per heavy atom. The van der Waals surface area contributed by atoms with Crippen LogP contribution in [0.2, 0.25) is 0 Å². The number of hydrogen-bond donors (Lipinski definition) is 3. The lowest BCUT2D eigenvalue weighted by molar-refractivity contribution is 0.341. The number of allylic oxidation sites excluding steroid dienone is 1. The van der Waals surface area contributed by atoms with Crippen molar-refractivity contribution in [3.8, 4) is 0 Å². The number of hydrogen-bond acceptors (Lipinski definition) is 3. The minimum Gasteiger partial charge on any atom is -0.373 e. The Hall–Kier alpha value is -1.22. The van der Waals surface area contributed by atoms with Crippen LogP contribution in [0.5, 0.6) is 0 Å². The molecule has 0 radical (unpaired) electrons. The van der Waals surface area contributed by atoms with E-state index in [4.69, 9.17) is 0 Å². The predicted molar refractivity (Wildman–Crippen MR) is 56.4 cm³/mol. The van der Waals surface area contributed by atoms with E-state index in [0.29, 0.717) is 0 Å². The standard InChI is InChI=1S/C11H15N3/c1-3-11(8-13-4-1)6-9-2-5-12-7-10(9)14-11/h2,5-7,12-14H,1,3-4,8H2. The average Bonchev–Trinajstić information content (AvgIpc) is 2.56. The first kappa shape index (κ1) is 8.12. The molecular weight excluding hydrogens is 174 g/mol. The van der Waals surface area contributed by atoms with Crippen molar-refractivity contribution in [1.29, 1.82) is 0 Å². The van der Waals surface area contributed by atoms with Gasteiger partial charge in [0.25, 0.3) is 0 Å². The Labute approximate surface area is 84.0 Å². The normalized spacial score (nSPS) is 34.3. The average molecular weight is 189 g/mol. The molecule has 1 fully saturated rings. The fourth-order valence-electron chi connectivity index (χ4n) is 2.44. The van der Waals surface area contributed by atoms with E-state index in [2.05, 4.69) is 28.1 Å². The third kappa shape index (κ3) is 1.16. The second kappa shape index (κ2) is 2.89. The maximum Gasteiger partial charge on any atom is 0.0691 e. The zero-order valence-electron chi connectivity index (χ0n) is 8.14. The first-order valence-corrected chi connectivity index (χ1v) is 5.23. The van der Waals surface area contributed by atoms with E-state index < -0.39 is 0 Å². The lowest BCUT2D eigenvalue weighted by Crippen LogP contribution is -2.51. The van der Waals surface area contributed by atoms with Crippen LogP contribution in [0.4, 0.5) is 0 Å². The van der Waals surface area contributed by atoms with Crippen LogP contribution in [0, 0.1) is 0 Å². The van der Waals surface area contributed by atoms with Crippen LogP contribution in [-0.4, -0.2) is 18.6 Å². The van der Waals surface area contributed by atoms with Crippen molar-refractivity contribution < 1.29 is 0 Å². The highest BCUT2D eigenvalue weighted by Crippen LogP contribution is 2.31. The highest BCUT2D eigenvalue weighted by atomic mass is 15.1. The SMILES string of the molecule is C1=CC2=CC3(CCCNC3)NC2=CN1. The number of nitrogens with one attached hydrogen (secondary N) is 3. The van der Waals surface area contributed by atoms with Gasteiger partial charge < -0.3 is 16.0 Å². The smallest absolute Gasteiger partial charge is 0.0691 e. The molecule has 0 amide bonds. The second-order valence-electron chi connectivity index (χ2n) is 4.22. The monoisotopic (exact) mass is 189 g/mol. The fraction of sp³-hybridized carbons (Fsp3) is 0.455. The van der Waals surface area contributed by atoms with Crippen molar-refractivity contribution in [2.75, 3.05) is 13.1 Å². The van der Waals surface area contributed by atoms with Crippen molar-refractivity contribution in [2.24, 2.45) is 0 Å². The predicted octanol–water partition coefficient (Wildman–Crippen LogP) is 0.597. The summed E-state index contributed by atoms with van der Waals surface area (Å²) in [5, 5.41) is 10.2. The van der Waals surface area contributed by atoms with Crippen LogP contribution in [0.15, 0.2) is 35.8 Å². The van der Waals surface area contributed by atoms with Crippen molar-refractivity contribution in [3.63, 3.8) is 0 Å². The van der Waals surface area contributed by atoms with Gasteiger partial charge in [-0.2, -0.15) is 0 Å².